The fraction of sp³-hybridized carbons (Fsp3) is 0.571. The molecule has 1 aromatic carbocycles. The zero-order valence-electron chi connectivity index (χ0n) is 12.8. The van der Waals surface area contributed by atoms with E-state index in [0.717, 1.165) is 12.8 Å². The number of hydrogen-bond acceptors (Lipinski definition) is 6. The summed E-state index contributed by atoms with van der Waals surface area (Å²) in [6.45, 7) is 2.52. The second kappa shape index (κ2) is 8.31. The number of ether oxygens (including phenoxy) is 3. The summed E-state index contributed by atoms with van der Waals surface area (Å²) in [7, 11) is 4.54. The van der Waals surface area contributed by atoms with E-state index >= 15 is 0 Å². The molecule has 0 aliphatic carbocycles. The Morgan fingerprint density at radius 3 is 2.33 bits per heavy atom. The molecule has 0 spiro atoms. The lowest BCUT2D eigenvalue weighted by Crippen LogP contribution is -2.25. The van der Waals surface area contributed by atoms with E-state index in [1.54, 1.807) is 13.2 Å². The van der Waals surface area contributed by atoms with Crippen molar-refractivity contribution in [3.05, 3.63) is 22.2 Å². The van der Waals surface area contributed by atoms with Gasteiger partial charge in [-0.05, 0) is 6.42 Å². The van der Waals surface area contributed by atoms with E-state index in [2.05, 4.69) is 5.32 Å². The largest absolute Gasteiger partial charge is 0.493 e. The lowest BCUT2D eigenvalue weighted by Gasteiger charge is -2.19. The van der Waals surface area contributed by atoms with Gasteiger partial charge in [0, 0.05) is 19.2 Å². The number of methoxy groups -OCH3 is 3. The molecule has 118 valence electrons. The molecule has 7 nitrogen and oxygen atoms in total. The summed E-state index contributed by atoms with van der Waals surface area (Å²) in [5, 5.41) is 14.4. The average molecular weight is 298 g/mol. The molecule has 1 unspecified atom stereocenters. The van der Waals surface area contributed by atoms with Crippen molar-refractivity contribution in [2.24, 2.45) is 0 Å². The van der Waals surface area contributed by atoms with E-state index in [-0.39, 0.29) is 11.7 Å². The topological polar surface area (TPSA) is 82.9 Å². The summed E-state index contributed by atoms with van der Waals surface area (Å²) in [5.74, 6) is 0.770. The van der Waals surface area contributed by atoms with Crippen LogP contribution in [0, 0.1) is 10.1 Å². The maximum atomic E-state index is 11.2. The van der Waals surface area contributed by atoms with E-state index in [1.165, 1.54) is 20.3 Å². The van der Waals surface area contributed by atoms with Crippen LogP contribution in [0.4, 0.5) is 11.4 Å². The highest BCUT2D eigenvalue weighted by Crippen LogP contribution is 2.38. The molecule has 0 aromatic heterocycles. The number of nitro groups is 1. The van der Waals surface area contributed by atoms with Crippen LogP contribution in [0.25, 0.3) is 0 Å². The van der Waals surface area contributed by atoms with Crippen molar-refractivity contribution < 1.29 is 19.1 Å². The van der Waals surface area contributed by atoms with Crippen molar-refractivity contribution in [3.8, 4) is 11.5 Å². The molecule has 1 rings (SSSR count). The van der Waals surface area contributed by atoms with Crippen LogP contribution in [-0.4, -0.2) is 38.9 Å². The Hall–Kier alpha value is -2.02. The number of anilines is 1. The number of benzene rings is 1. The third-order valence-corrected chi connectivity index (χ3v) is 3.06. The number of nitrogens with zero attached hydrogens (tertiary/aromatic N) is 1. The quantitative estimate of drug-likeness (QED) is 0.557. The van der Waals surface area contributed by atoms with Gasteiger partial charge in [-0.3, -0.25) is 10.1 Å². The third-order valence-electron chi connectivity index (χ3n) is 3.06. The minimum absolute atomic E-state index is 0.00296. The molecule has 0 aliphatic rings. The van der Waals surface area contributed by atoms with Gasteiger partial charge in [-0.2, -0.15) is 0 Å². The first-order valence-corrected chi connectivity index (χ1v) is 6.73. The normalized spacial score (nSPS) is 11.8. The highest BCUT2D eigenvalue weighted by atomic mass is 16.6. The second-order valence-corrected chi connectivity index (χ2v) is 4.57. The summed E-state index contributed by atoms with van der Waals surface area (Å²) in [5.41, 5.74) is 0.345. The Morgan fingerprint density at radius 1 is 1.24 bits per heavy atom. The Labute approximate surface area is 124 Å². The number of nitro benzene ring substituents is 1. The minimum atomic E-state index is -0.444. The van der Waals surface area contributed by atoms with Crippen molar-refractivity contribution in [2.45, 2.75) is 25.8 Å². The minimum Gasteiger partial charge on any atom is -0.493 e. The van der Waals surface area contributed by atoms with Crippen LogP contribution in [0.2, 0.25) is 0 Å². The maximum Gasteiger partial charge on any atom is 0.296 e. The van der Waals surface area contributed by atoms with E-state index < -0.39 is 4.92 Å². The van der Waals surface area contributed by atoms with Crippen molar-refractivity contribution in [2.75, 3.05) is 33.3 Å². The van der Waals surface area contributed by atoms with Crippen LogP contribution in [-0.2, 0) is 4.74 Å². The molecule has 0 bridgehead atoms. The second-order valence-electron chi connectivity index (χ2n) is 4.57. The van der Waals surface area contributed by atoms with Crippen molar-refractivity contribution in [1.82, 2.24) is 0 Å². The first kappa shape index (κ1) is 17.0. The lowest BCUT2D eigenvalue weighted by atomic mass is 10.1. The fourth-order valence-electron chi connectivity index (χ4n) is 2.10. The van der Waals surface area contributed by atoms with Crippen LogP contribution in [0.5, 0.6) is 11.5 Å². The third kappa shape index (κ3) is 4.49. The van der Waals surface area contributed by atoms with Gasteiger partial charge in [0.25, 0.3) is 5.69 Å². The number of nitrogens with one attached hydrogen (secondary N) is 1. The lowest BCUT2D eigenvalue weighted by molar-refractivity contribution is -0.384. The van der Waals surface area contributed by atoms with Gasteiger partial charge in [-0.15, -0.1) is 0 Å². The van der Waals surface area contributed by atoms with Gasteiger partial charge in [-0.25, -0.2) is 0 Å². The van der Waals surface area contributed by atoms with E-state index in [9.17, 15) is 10.1 Å². The SMILES string of the molecule is CCCC(COC)Nc1cc(OC)c(OC)cc1[N+](=O)[O-]. The van der Waals surface area contributed by atoms with Crippen LogP contribution >= 0.6 is 0 Å². The van der Waals surface area contributed by atoms with Gasteiger partial charge < -0.3 is 19.5 Å². The molecule has 0 radical (unpaired) electrons. The van der Waals surface area contributed by atoms with Gasteiger partial charge in [-0.1, -0.05) is 13.3 Å². The first-order chi connectivity index (χ1) is 10.1. The summed E-state index contributed by atoms with van der Waals surface area (Å²) in [6.07, 6.45) is 1.79. The number of hydrogen-bond donors (Lipinski definition) is 1. The van der Waals surface area contributed by atoms with Crippen molar-refractivity contribution >= 4 is 11.4 Å². The molecule has 1 atom stereocenters. The van der Waals surface area contributed by atoms with E-state index in [0.29, 0.717) is 23.8 Å². The van der Waals surface area contributed by atoms with Crippen LogP contribution < -0.4 is 14.8 Å². The average Bonchev–Trinajstić information content (AvgIpc) is 2.47. The van der Waals surface area contributed by atoms with E-state index in [4.69, 9.17) is 14.2 Å². The zero-order chi connectivity index (χ0) is 15.8. The predicted molar refractivity (Wildman–Crippen MR) is 80.4 cm³/mol. The Balaban J connectivity index is 3.15. The summed E-state index contributed by atoms with van der Waals surface area (Å²) in [6, 6.07) is 2.93. The smallest absolute Gasteiger partial charge is 0.296 e. The molecule has 0 saturated carbocycles. The molecular weight excluding hydrogens is 276 g/mol. The predicted octanol–water partition coefficient (Wildman–Crippen LogP) is 2.84. The van der Waals surface area contributed by atoms with E-state index in [1.807, 2.05) is 6.92 Å². The van der Waals surface area contributed by atoms with Crippen LogP contribution in [0.1, 0.15) is 19.8 Å². The summed E-state index contributed by atoms with van der Waals surface area (Å²) >= 11 is 0. The maximum absolute atomic E-state index is 11.2. The zero-order valence-corrected chi connectivity index (χ0v) is 12.8. The highest BCUT2D eigenvalue weighted by Gasteiger charge is 2.21. The molecule has 0 saturated heterocycles. The van der Waals surface area contributed by atoms with Gasteiger partial charge in [0.2, 0.25) is 0 Å². The molecule has 21 heavy (non-hydrogen) atoms. The molecule has 0 aliphatic heterocycles. The molecule has 0 fully saturated rings. The fourth-order valence-corrected chi connectivity index (χ4v) is 2.10. The Kier molecular flexibility index (Phi) is 6.74. The molecule has 0 amide bonds. The molecule has 7 heteroatoms. The summed E-state index contributed by atoms with van der Waals surface area (Å²) in [4.78, 5) is 10.8. The van der Waals surface area contributed by atoms with Crippen molar-refractivity contribution in [3.63, 3.8) is 0 Å². The monoisotopic (exact) mass is 298 g/mol. The van der Waals surface area contributed by atoms with Gasteiger partial charge >= 0.3 is 0 Å². The first-order valence-electron chi connectivity index (χ1n) is 6.73. The highest BCUT2D eigenvalue weighted by molar-refractivity contribution is 5.68. The molecule has 0 heterocycles. The van der Waals surface area contributed by atoms with Crippen molar-refractivity contribution in [1.29, 1.82) is 0 Å². The van der Waals surface area contributed by atoms with Crippen LogP contribution in [0.15, 0.2) is 12.1 Å². The van der Waals surface area contributed by atoms with Gasteiger partial charge in [0.15, 0.2) is 11.5 Å². The molecular formula is C14H22N2O5. The van der Waals surface area contributed by atoms with Gasteiger partial charge in [0.05, 0.1) is 31.8 Å². The Bertz CT molecular complexity index is 473. The molecule has 1 N–H and O–H groups in total. The molecule has 1 aromatic rings. The number of rotatable bonds is 9. The van der Waals surface area contributed by atoms with Crippen LogP contribution in [0.3, 0.4) is 0 Å². The Morgan fingerprint density at radius 2 is 1.86 bits per heavy atom. The summed E-state index contributed by atoms with van der Waals surface area (Å²) < 4.78 is 15.4. The van der Waals surface area contributed by atoms with Gasteiger partial charge in [0.1, 0.15) is 5.69 Å². The standard InChI is InChI=1S/C14H22N2O5/c1-5-6-10(9-19-2)15-11-7-13(20-3)14(21-4)8-12(11)16(17)18/h7-8,10,15H,5-6,9H2,1-4H3.